The lowest BCUT2D eigenvalue weighted by atomic mass is 10.4. The first-order chi connectivity index (χ1) is 7.67. The van der Waals surface area contributed by atoms with Crippen LogP contribution in [0.4, 0.5) is 4.79 Å². The molecule has 0 bridgehead atoms. The third kappa shape index (κ3) is 5.44. The molecule has 84 valence electrons. The average Bonchev–Trinajstić information content (AvgIpc) is 2.27. The molecule has 0 aliphatic heterocycles. The van der Waals surface area contributed by atoms with E-state index in [-0.39, 0.29) is 11.5 Å². The highest BCUT2D eigenvalue weighted by Gasteiger charge is 2.07. The number of hydrogen-bond donors (Lipinski definition) is 0. The molecule has 0 aliphatic rings. The van der Waals surface area contributed by atoms with Crippen molar-refractivity contribution < 1.29 is 14.3 Å². The minimum Gasteiger partial charge on any atom is -0.395 e. The van der Waals surface area contributed by atoms with Gasteiger partial charge >= 0.3 is 6.16 Å². The fourth-order valence-corrected chi connectivity index (χ4v) is 0.733. The summed E-state index contributed by atoms with van der Waals surface area (Å²) in [5.74, 6) is 0.504. The molecule has 0 amide bonds. The maximum absolute atomic E-state index is 11.2. The van der Waals surface area contributed by atoms with Crippen LogP contribution in [0.15, 0.2) is 74.3 Å². The summed E-state index contributed by atoms with van der Waals surface area (Å²) >= 11 is 0. The normalized spacial score (nSPS) is 11.2. The summed E-state index contributed by atoms with van der Waals surface area (Å²) in [6.45, 7) is 13.9. The van der Waals surface area contributed by atoms with Crippen molar-refractivity contribution in [3.05, 3.63) is 74.3 Å². The van der Waals surface area contributed by atoms with Crippen LogP contribution in [0.5, 0.6) is 0 Å². The van der Waals surface area contributed by atoms with Crippen molar-refractivity contribution >= 4 is 6.16 Å². The van der Waals surface area contributed by atoms with E-state index in [1.807, 2.05) is 0 Å². The molecule has 0 saturated carbocycles. The van der Waals surface area contributed by atoms with Crippen LogP contribution in [-0.4, -0.2) is 6.16 Å². The summed E-state index contributed by atoms with van der Waals surface area (Å²) in [5, 5.41) is 0. The molecule has 3 heteroatoms. The lowest BCUT2D eigenvalue weighted by molar-refractivity contribution is 0.108. The molecule has 3 nitrogen and oxygen atoms in total. The van der Waals surface area contributed by atoms with Crippen LogP contribution >= 0.6 is 0 Å². The first kappa shape index (κ1) is 13.7. The van der Waals surface area contributed by atoms with Crippen molar-refractivity contribution in [1.82, 2.24) is 0 Å². The highest BCUT2D eigenvalue weighted by Crippen LogP contribution is 2.06. The summed E-state index contributed by atoms with van der Waals surface area (Å²) in [5.41, 5.74) is 0. The minimum atomic E-state index is -0.874. The van der Waals surface area contributed by atoms with Gasteiger partial charge in [0, 0.05) is 0 Å². The van der Waals surface area contributed by atoms with Crippen molar-refractivity contribution in [3.63, 3.8) is 0 Å². The number of rotatable bonds is 6. The fourth-order valence-electron chi connectivity index (χ4n) is 0.733. The van der Waals surface area contributed by atoms with Gasteiger partial charge in [0.1, 0.15) is 11.5 Å². The molecule has 0 aromatic heterocycles. The molecular formula is C13H14O3. The van der Waals surface area contributed by atoms with Crippen LogP contribution in [-0.2, 0) is 9.47 Å². The van der Waals surface area contributed by atoms with Gasteiger partial charge in [-0.05, 0) is 24.3 Å². The third-order valence-electron chi connectivity index (χ3n) is 1.37. The molecule has 0 radical (unpaired) electrons. The summed E-state index contributed by atoms with van der Waals surface area (Å²) < 4.78 is 9.61. The zero-order valence-electron chi connectivity index (χ0n) is 9.02. The zero-order valence-corrected chi connectivity index (χ0v) is 9.02. The van der Waals surface area contributed by atoms with Crippen molar-refractivity contribution in [2.24, 2.45) is 0 Å². The third-order valence-corrected chi connectivity index (χ3v) is 1.37. The smallest absolute Gasteiger partial charge is 0.395 e. The molecule has 0 N–H and O–H groups in total. The molecular weight excluding hydrogens is 204 g/mol. The molecule has 0 saturated heterocycles. The Morgan fingerprint density at radius 1 is 0.812 bits per heavy atom. The quantitative estimate of drug-likeness (QED) is 0.388. The zero-order chi connectivity index (χ0) is 12.4. The molecule has 0 unspecified atom stereocenters. The molecule has 0 heterocycles. The molecule has 16 heavy (non-hydrogen) atoms. The van der Waals surface area contributed by atoms with Gasteiger partial charge < -0.3 is 9.47 Å². The SMILES string of the molecule is C=CC=C(C=C)OC(=O)OC(C=C)=CC=C. The molecule has 0 atom stereocenters. The van der Waals surface area contributed by atoms with Gasteiger partial charge in [-0.15, -0.1) is 0 Å². The minimum absolute atomic E-state index is 0.252. The van der Waals surface area contributed by atoms with Crippen LogP contribution in [0.2, 0.25) is 0 Å². The molecule has 0 spiro atoms. The second-order valence-corrected chi connectivity index (χ2v) is 2.47. The standard InChI is InChI=1S/C13H14O3/c1-5-9-11(7-3)15-13(14)16-12(8-4)10-6-2/h5-10H,1-4H2. The largest absolute Gasteiger partial charge is 0.519 e. The van der Waals surface area contributed by atoms with Crippen LogP contribution in [0.3, 0.4) is 0 Å². The van der Waals surface area contributed by atoms with Crippen molar-refractivity contribution in [3.8, 4) is 0 Å². The summed E-state index contributed by atoms with van der Waals surface area (Å²) in [6.07, 6.45) is 7.77. The van der Waals surface area contributed by atoms with Crippen LogP contribution in [0, 0.1) is 0 Å². The van der Waals surface area contributed by atoms with Gasteiger partial charge in [-0.1, -0.05) is 38.5 Å². The molecule has 0 aliphatic carbocycles. The number of carbonyl (C=O) groups excluding carboxylic acids is 1. The van der Waals surface area contributed by atoms with Gasteiger partial charge in [0.25, 0.3) is 0 Å². The van der Waals surface area contributed by atoms with E-state index in [0.29, 0.717) is 0 Å². The average molecular weight is 218 g/mol. The van der Waals surface area contributed by atoms with Gasteiger partial charge in [0.05, 0.1) is 0 Å². The molecule has 0 fully saturated rings. The van der Waals surface area contributed by atoms with E-state index < -0.39 is 6.16 Å². The van der Waals surface area contributed by atoms with Crippen molar-refractivity contribution in [2.45, 2.75) is 0 Å². The Hall–Kier alpha value is -2.29. The van der Waals surface area contributed by atoms with E-state index in [0.717, 1.165) is 0 Å². The number of allylic oxidation sites excluding steroid dienone is 6. The summed E-state index contributed by atoms with van der Waals surface area (Å²) in [6, 6.07) is 0. The van der Waals surface area contributed by atoms with Crippen LogP contribution < -0.4 is 0 Å². The van der Waals surface area contributed by atoms with Gasteiger partial charge in [0.2, 0.25) is 0 Å². The molecule has 0 rings (SSSR count). The predicted molar refractivity (Wildman–Crippen MR) is 64.5 cm³/mol. The van der Waals surface area contributed by atoms with Crippen LogP contribution in [0.1, 0.15) is 0 Å². The van der Waals surface area contributed by atoms with E-state index in [9.17, 15) is 4.79 Å². The maximum Gasteiger partial charge on any atom is 0.519 e. The second kappa shape index (κ2) is 8.05. The Morgan fingerprint density at radius 3 is 1.44 bits per heavy atom. The monoisotopic (exact) mass is 218 g/mol. The number of ether oxygens (including phenoxy) is 2. The van der Waals surface area contributed by atoms with Crippen molar-refractivity contribution in [2.75, 3.05) is 0 Å². The lowest BCUT2D eigenvalue weighted by Gasteiger charge is -2.05. The molecule has 0 aromatic rings. The maximum atomic E-state index is 11.2. The lowest BCUT2D eigenvalue weighted by Crippen LogP contribution is -2.05. The van der Waals surface area contributed by atoms with Gasteiger partial charge in [-0.2, -0.15) is 0 Å². The summed E-state index contributed by atoms with van der Waals surface area (Å²) in [4.78, 5) is 11.2. The first-order valence-corrected chi connectivity index (χ1v) is 4.47. The number of hydrogen-bond acceptors (Lipinski definition) is 3. The Morgan fingerprint density at radius 2 is 1.19 bits per heavy atom. The predicted octanol–water partition coefficient (Wildman–Crippen LogP) is 3.65. The fraction of sp³-hybridized carbons (Fsp3) is 0. The first-order valence-electron chi connectivity index (χ1n) is 4.47. The topological polar surface area (TPSA) is 35.5 Å². The van der Waals surface area contributed by atoms with E-state index in [2.05, 4.69) is 26.3 Å². The number of carbonyl (C=O) groups is 1. The van der Waals surface area contributed by atoms with Gasteiger partial charge in [-0.25, -0.2) is 4.79 Å². The van der Waals surface area contributed by atoms with Crippen LogP contribution in [0.25, 0.3) is 0 Å². The van der Waals surface area contributed by atoms with Crippen molar-refractivity contribution in [1.29, 1.82) is 0 Å². The Kier molecular flexibility index (Phi) is 6.90. The Balaban J connectivity index is 4.48. The van der Waals surface area contributed by atoms with E-state index >= 15 is 0 Å². The Bertz CT molecular complexity index is 325. The molecule has 0 aromatic carbocycles. The van der Waals surface area contributed by atoms with E-state index in [4.69, 9.17) is 9.47 Å². The highest BCUT2D eigenvalue weighted by atomic mass is 16.7. The van der Waals surface area contributed by atoms with Gasteiger partial charge in [0.15, 0.2) is 0 Å². The van der Waals surface area contributed by atoms with E-state index in [1.165, 1.54) is 36.5 Å². The Labute approximate surface area is 95.4 Å². The van der Waals surface area contributed by atoms with E-state index in [1.54, 1.807) is 0 Å². The summed E-state index contributed by atoms with van der Waals surface area (Å²) in [7, 11) is 0. The van der Waals surface area contributed by atoms with Gasteiger partial charge in [-0.3, -0.25) is 0 Å². The highest BCUT2D eigenvalue weighted by molar-refractivity contribution is 5.64. The second-order valence-electron chi connectivity index (χ2n) is 2.47.